The second kappa shape index (κ2) is 8.66. The Morgan fingerprint density at radius 3 is 2.68 bits per heavy atom. The normalized spacial score (nSPS) is 10.5. The Bertz CT molecular complexity index is 391. The van der Waals surface area contributed by atoms with E-state index in [-0.39, 0.29) is 11.8 Å². The van der Waals surface area contributed by atoms with Gasteiger partial charge in [0, 0.05) is 19.5 Å². The van der Waals surface area contributed by atoms with E-state index in [9.17, 15) is 9.59 Å². The minimum Gasteiger partial charge on any atom is -0.356 e. The lowest BCUT2D eigenvalue weighted by atomic mass is 10.3. The van der Waals surface area contributed by atoms with Crippen LogP contribution in [0.15, 0.2) is 17.5 Å². The van der Waals surface area contributed by atoms with E-state index in [2.05, 4.69) is 15.5 Å². The van der Waals surface area contributed by atoms with Crippen molar-refractivity contribution in [2.45, 2.75) is 12.8 Å². The lowest BCUT2D eigenvalue weighted by Crippen LogP contribution is -2.31. The summed E-state index contributed by atoms with van der Waals surface area (Å²) in [5.74, 6) is -0.138. The van der Waals surface area contributed by atoms with Crippen molar-refractivity contribution in [3.63, 3.8) is 0 Å². The molecule has 1 aromatic heterocycles. The minimum atomic E-state index is -0.115. The molecule has 0 aliphatic heterocycles. The van der Waals surface area contributed by atoms with Crippen LogP contribution >= 0.6 is 11.3 Å². The van der Waals surface area contributed by atoms with Gasteiger partial charge in [-0.2, -0.15) is 0 Å². The van der Waals surface area contributed by atoms with E-state index >= 15 is 0 Å². The van der Waals surface area contributed by atoms with Crippen LogP contribution in [0.1, 0.15) is 22.5 Å². The summed E-state index contributed by atoms with van der Waals surface area (Å²) in [6.45, 7) is 2.00. The summed E-state index contributed by atoms with van der Waals surface area (Å²) < 4.78 is 0. The fourth-order valence-electron chi connectivity index (χ4n) is 1.50. The van der Waals surface area contributed by atoms with Gasteiger partial charge in [-0.15, -0.1) is 11.3 Å². The van der Waals surface area contributed by atoms with E-state index in [1.54, 1.807) is 6.07 Å². The van der Waals surface area contributed by atoms with Crippen LogP contribution in [0.3, 0.4) is 0 Å². The minimum absolute atomic E-state index is 0.0229. The third-order valence-corrected chi connectivity index (χ3v) is 3.36. The molecule has 1 aromatic rings. The van der Waals surface area contributed by atoms with Crippen molar-refractivity contribution in [1.82, 2.24) is 15.5 Å². The second-order valence-corrected chi connectivity index (χ2v) is 5.44. The number of thiophene rings is 1. The Hall–Kier alpha value is -1.40. The zero-order chi connectivity index (χ0) is 14.1. The van der Waals surface area contributed by atoms with Crippen LogP contribution in [0.4, 0.5) is 0 Å². The number of nitrogens with one attached hydrogen (secondary N) is 2. The highest BCUT2D eigenvalue weighted by Crippen LogP contribution is 2.07. The number of hydrogen-bond donors (Lipinski definition) is 2. The molecule has 0 aliphatic rings. The standard InChI is InChI=1S/C13H21N3O2S/c1-16(2)9-4-7-14-12(17)6-8-15-13(18)11-5-3-10-19-11/h3,5,10H,4,6-9H2,1-2H3,(H,14,17)(H,15,18). The van der Waals surface area contributed by atoms with Gasteiger partial charge in [0.05, 0.1) is 4.88 Å². The van der Waals surface area contributed by atoms with Crippen LogP contribution in [-0.2, 0) is 4.79 Å². The Morgan fingerprint density at radius 1 is 1.26 bits per heavy atom. The van der Waals surface area contributed by atoms with Gasteiger partial charge >= 0.3 is 0 Å². The van der Waals surface area contributed by atoms with Gasteiger partial charge in [0.25, 0.3) is 5.91 Å². The maximum Gasteiger partial charge on any atom is 0.261 e. The van der Waals surface area contributed by atoms with Gasteiger partial charge in [-0.25, -0.2) is 0 Å². The summed E-state index contributed by atoms with van der Waals surface area (Å²) in [6.07, 6.45) is 1.25. The molecule has 0 aliphatic carbocycles. The highest BCUT2D eigenvalue weighted by Gasteiger charge is 2.06. The molecular weight excluding hydrogens is 262 g/mol. The summed E-state index contributed by atoms with van der Waals surface area (Å²) in [7, 11) is 4.00. The zero-order valence-corrected chi connectivity index (χ0v) is 12.3. The number of rotatable bonds is 8. The van der Waals surface area contributed by atoms with Gasteiger partial charge in [-0.3, -0.25) is 9.59 Å². The summed E-state index contributed by atoms with van der Waals surface area (Å²) >= 11 is 1.39. The number of amides is 2. The quantitative estimate of drug-likeness (QED) is 0.698. The first kappa shape index (κ1) is 15.7. The summed E-state index contributed by atoms with van der Waals surface area (Å²) in [4.78, 5) is 25.8. The number of hydrogen-bond acceptors (Lipinski definition) is 4. The predicted octanol–water partition coefficient (Wildman–Crippen LogP) is 0.936. The fourth-order valence-corrected chi connectivity index (χ4v) is 2.14. The largest absolute Gasteiger partial charge is 0.356 e. The molecule has 0 unspecified atom stereocenters. The lowest BCUT2D eigenvalue weighted by molar-refractivity contribution is -0.120. The maximum absolute atomic E-state index is 11.6. The van der Waals surface area contributed by atoms with Gasteiger partial charge < -0.3 is 15.5 Å². The van der Waals surface area contributed by atoms with Crippen molar-refractivity contribution in [1.29, 1.82) is 0 Å². The molecule has 0 aromatic carbocycles. The third-order valence-electron chi connectivity index (χ3n) is 2.49. The van der Waals surface area contributed by atoms with Crippen LogP contribution in [0.5, 0.6) is 0 Å². The zero-order valence-electron chi connectivity index (χ0n) is 11.4. The molecule has 0 saturated carbocycles. The molecule has 19 heavy (non-hydrogen) atoms. The Balaban J connectivity index is 2.06. The van der Waals surface area contributed by atoms with Crippen LogP contribution in [-0.4, -0.2) is 50.4 Å². The van der Waals surface area contributed by atoms with Gasteiger partial charge in [0.15, 0.2) is 0 Å². The summed E-state index contributed by atoms with van der Waals surface area (Å²) in [6, 6.07) is 3.60. The summed E-state index contributed by atoms with van der Waals surface area (Å²) in [5.41, 5.74) is 0. The Kier molecular flexibility index (Phi) is 7.14. The molecule has 0 fully saturated rings. The highest BCUT2D eigenvalue weighted by atomic mass is 32.1. The molecule has 0 atom stereocenters. The molecule has 1 heterocycles. The van der Waals surface area contributed by atoms with E-state index in [0.29, 0.717) is 24.4 Å². The Morgan fingerprint density at radius 2 is 2.05 bits per heavy atom. The molecular formula is C13H21N3O2S. The van der Waals surface area contributed by atoms with Gasteiger partial charge in [0.2, 0.25) is 5.91 Å². The van der Waals surface area contributed by atoms with Crippen molar-refractivity contribution >= 4 is 23.2 Å². The fraction of sp³-hybridized carbons (Fsp3) is 0.538. The van der Waals surface area contributed by atoms with Crippen molar-refractivity contribution in [2.24, 2.45) is 0 Å². The average molecular weight is 283 g/mol. The summed E-state index contributed by atoms with van der Waals surface area (Å²) in [5, 5.41) is 7.41. The predicted molar refractivity (Wildman–Crippen MR) is 77.4 cm³/mol. The molecule has 106 valence electrons. The molecule has 0 spiro atoms. The van der Waals surface area contributed by atoms with E-state index in [4.69, 9.17) is 0 Å². The smallest absolute Gasteiger partial charge is 0.261 e. The van der Waals surface area contributed by atoms with E-state index in [1.807, 2.05) is 25.5 Å². The molecule has 0 radical (unpaired) electrons. The molecule has 1 rings (SSSR count). The lowest BCUT2D eigenvalue weighted by Gasteiger charge is -2.10. The Labute approximate surface area is 118 Å². The number of carbonyl (C=O) groups is 2. The van der Waals surface area contributed by atoms with Crippen LogP contribution in [0, 0.1) is 0 Å². The van der Waals surface area contributed by atoms with Crippen LogP contribution in [0.2, 0.25) is 0 Å². The van der Waals surface area contributed by atoms with Gasteiger partial charge in [-0.1, -0.05) is 6.07 Å². The molecule has 2 N–H and O–H groups in total. The molecule has 0 bridgehead atoms. The van der Waals surface area contributed by atoms with Gasteiger partial charge in [-0.05, 0) is 38.5 Å². The highest BCUT2D eigenvalue weighted by molar-refractivity contribution is 7.12. The first-order valence-electron chi connectivity index (χ1n) is 6.32. The number of nitrogens with zero attached hydrogens (tertiary/aromatic N) is 1. The monoisotopic (exact) mass is 283 g/mol. The SMILES string of the molecule is CN(C)CCCNC(=O)CCNC(=O)c1cccs1. The van der Waals surface area contributed by atoms with Crippen molar-refractivity contribution < 1.29 is 9.59 Å². The maximum atomic E-state index is 11.6. The third kappa shape index (κ3) is 6.93. The molecule has 0 saturated heterocycles. The van der Waals surface area contributed by atoms with Crippen molar-refractivity contribution in [3.8, 4) is 0 Å². The van der Waals surface area contributed by atoms with Crippen LogP contribution < -0.4 is 10.6 Å². The van der Waals surface area contributed by atoms with E-state index in [0.717, 1.165) is 13.0 Å². The first-order chi connectivity index (χ1) is 9.09. The topological polar surface area (TPSA) is 61.4 Å². The van der Waals surface area contributed by atoms with Crippen molar-refractivity contribution in [3.05, 3.63) is 22.4 Å². The number of carbonyl (C=O) groups excluding carboxylic acids is 2. The van der Waals surface area contributed by atoms with Crippen molar-refractivity contribution in [2.75, 3.05) is 33.7 Å². The van der Waals surface area contributed by atoms with Gasteiger partial charge in [0.1, 0.15) is 0 Å². The second-order valence-electron chi connectivity index (χ2n) is 4.49. The first-order valence-corrected chi connectivity index (χ1v) is 7.20. The molecule has 2 amide bonds. The molecule has 5 nitrogen and oxygen atoms in total. The van der Waals surface area contributed by atoms with Crippen LogP contribution in [0.25, 0.3) is 0 Å². The van der Waals surface area contributed by atoms with E-state index in [1.165, 1.54) is 11.3 Å². The molecule has 6 heteroatoms. The van der Waals surface area contributed by atoms with E-state index < -0.39 is 0 Å². The average Bonchev–Trinajstić information content (AvgIpc) is 2.88.